The Labute approximate surface area is 107 Å². The van der Waals surface area contributed by atoms with Crippen LogP contribution in [0.3, 0.4) is 0 Å². The van der Waals surface area contributed by atoms with Gasteiger partial charge in [0.2, 0.25) is 5.91 Å². The van der Waals surface area contributed by atoms with Gasteiger partial charge in [0, 0.05) is 12.1 Å². The zero-order valence-electron chi connectivity index (χ0n) is 9.93. The largest absolute Gasteiger partial charge is 0.480 e. The van der Waals surface area contributed by atoms with Gasteiger partial charge in [0.05, 0.1) is 7.85 Å². The minimum absolute atomic E-state index is 0.146. The van der Waals surface area contributed by atoms with Crippen LogP contribution in [0.15, 0.2) is 24.3 Å². The molecule has 0 spiro atoms. The Morgan fingerprint density at radius 2 is 1.94 bits per heavy atom. The van der Waals surface area contributed by atoms with Crippen molar-refractivity contribution in [1.29, 1.82) is 0 Å². The highest BCUT2D eigenvalue weighted by atomic mass is 16.4. The standard InChI is InChI=1S/C12H15BN2O3/c13-6-5-11(16)15-9-3-1-8(2-4-9)7-10(14)12(17)18/h1-4,10H,5-7,14H2,(H,15,16)(H,17,18). The number of benzene rings is 1. The molecule has 1 aromatic carbocycles. The number of carbonyl (C=O) groups excluding carboxylic acids is 1. The van der Waals surface area contributed by atoms with Gasteiger partial charge in [-0.2, -0.15) is 0 Å². The number of nitrogens with one attached hydrogen (secondary N) is 1. The molecule has 0 bridgehead atoms. The van der Waals surface area contributed by atoms with Crippen LogP contribution in [0.1, 0.15) is 12.0 Å². The van der Waals surface area contributed by atoms with E-state index in [0.717, 1.165) is 5.56 Å². The van der Waals surface area contributed by atoms with Crippen LogP contribution < -0.4 is 11.1 Å². The number of amides is 1. The Bertz CT molecular complexity index is 420. The summed E-state index contributed by atoms with van der Waals surface area (Å²) in [4.78, 5) is 21.9. The molecule has 0 aliphatic carbocycles. The maximum Gasteiger partial charge on any atom is 0.320 e. The number of hydrogen-bond acceptors (Lipinski definition) is 3. The number of carbonyl (C=O) groups is 2. The highest BCUT2D eigenvalue weighted by Crippen LogP contribution is 2.11. The van der Waals surface area contributed by atoms with Gasteiger partial charge in [0.25, 0.3) is 0 Å². The predicted octanol–water partition coefficient (Wildman–Crippen LogP) is 0.556. The van der Waals surface area contributed by atoms with Gasteiger partial charge in [0.15, 0.2) is 0 Å². The Morgan fingerprint density at radius 1 is 1.33 bits per heavy atom. The van der Waals surface area contributed by atoms with E-state index >= 15 is 0 Å². The lowest BCUT2D eigenvalue weighted by atomic mass is 10.0. The van der Waals surface area contributed by atoms with Crippen LogP contribution in [0.5, 0.6) is 0 Å². The van der Waals surface area contributed by atoms with Crippen molar-refractivity contribution in [3.63, 3.8) is 0 Å². The normalized spacial score (nSPS) is 11.8. The van der Waals surface area contributed by atoms with Crippen molar-refractivity contribution in [3.05, 3.63) is 29.8 Å². The highest BCUT2D eigenvalue weighted by molar-refractivity contribution is 6.10. The van der Waals surface area contributed by atoms with Crippen molar-refractivity contribution < 1.29 is 14.7 Å². The predicted molar refractivity (Wildman–Crippen MR) is 69.6 cm³/mol. The number of hydrogen-bond donors (Lipinski definition) is 3. The summed E-state index contributed by atoms with van der Waals surface area (Å²) in [6.45, 7) is 0. The first-order valence-corrected chi connectivity index (χ1v) is 5.60. The number of nitrogens with two attached hydrogens (primary N) is 1. The van der Waals surface area contributed by atoms with Gasteiger partial charge in [-0.05, 0) is 24.1 Å². The lowest BCUT2D eigenvalue weighted by molar-refractivity contribution is -0.138. The second kappa shape index (κ2) is 6.81. The van der Waals surface area contributed by atoms with Gasteiger partial charge < -0.3 is 16.2 Å². The SMILES string of the molecule is [B]CCC(=O)Nc1ccc(CC(N)C(=O)O)cc1. The fraction of sp³-hybridized carbons (Fsp3) is 0.333. The summed E-state index contributed by atoms with van der Waals surface area (Å²) in [6, 6.07) is 5.97. The topological polar surface area (TPSA) is 92.4 Å². The molecule has 1 rings (SSSR count). The van der Waals surface area contributed by atoms with E-state index in [9.17, 15) is 9.59 Å². The summed E-state index contributed by atoms with van der Waals surface area (Å²) >= 11 is 0. The third kappa shape index (κ3) is 4.59. The van der Waals surface area contributed by atoms with Gasteiger partial charge >= 0.3 is 5.97 Å². The van der Waals surface area contributed by atoms with Crippen molar-refractivity contribution in [1.82, 2.24) is 0 Å². The van der Waals surface area contributed by atoms with Crippen molar-refractivity contribution in [2.75, 3.05) is 5.32 Å². The average Bonchev–Trinajstić information content (AvgIpc) is 2.31. The number of rotatable bonds is 6. The molecule has 94 valence electrons. The molecular formula is C12H15BN2O3. The second-order valence-corrected chi connectivity index (χ2v) is 3.93. The molecule has 0 saturated heterocycles. The molecule has 0 saturated carbocycles. The molecular weight excluding hydrogens is 231 g/mol. The number of carboxylic acid groups (broad SMARTS) is 1. The average molecular weight is 246 g/mol. The van der Waals surface area contributed by atoms with Gasteiger partial charge in [0.1, 0.15) is 6.04 Å². The molecule has 1 amide bonds. The summed E-state index contributed by atoms with van der Waals surface area (Å²) in [5.74, 6) is -1.18. The fourth-order valence-electron chi connectivity index (χ4n) is 1.42. The van der Waals surface area contributed by atoms with E-state index in [-0.39, 0.29) is 18.7 Å². The van der Waals surface area contributed by atoms with Crippen LogP contribution >= 0.6 is 0 Å². The monoisotopic (exact) mass is 246 g/mol. The minimum atomic E-state index is -1.03. The maximum absolute atomic E-state index is 11.3. The third-order valence-electron chi connectivity index (χ3n) is 2.38. The first-order chi connectivity index (χ1) is 8.52. The number of anilines is 1. The Kier molecular flexibility index (Phi) is 5.39. The molecule has 0 heterocycles. The second-order valence-electron chi connectivity index (χ2n) is 3.93. The van der Waals surface area contributed by atoms with Gasteiger partial charge in [-0.25, -0.2) is 0 Å². The van der Waals surface area contributed by atoms with Gasteiger partial charge in [-0.1, -0.05) is 18.5 Å². The molecule has 1 unspecified atom stereocenters. The summed E-state index contributed by atoms with van der Waals surface area (Å²) in [6.07, 6.45) is 0.829. The van der Waals surface area contributed by atoms with E-state index in [1.54, 1.807) is 24.3 Å². The Balaban J connectivity index is 2.57. The van der Waals surface area contributed by atoms with Crippen LogP contribution in [0.25, 0.3) is 0 Å². The molecule has 0 fully saturated rings. The molecule has 2 radical (unpaired) electrons. The van der Waals surface area contributed by atoms with Crippen molar-refractivity contribution in [3.8, 4) is 0 Å². The molecule has 0 aliphatic rings. The molecule has 0 aliphatic heterocycles. The van der Waals surface area contributed by atoms with Crippen LogP contribution in [0.2, 0.25) is 6.32 Å². The fourth-order valence-corrected chi connectivity index (χ4v) is 1.42. The zero-order valence-corrected chi connectivity index (χ0v) is 9.93. The van der Waals surface area contributed by atoms with E-state index in [0.29, 0.717) is 12.0 Å². The third-order valence-corrected chi connectivity index (χ3v) is 2.38. The first kappa shape index (κ1) is 14.2. The molecule has 5 nitrogen and oxygen atoms in total. The van der Waals surface area contributed by atoms with Crippen molar-refractivity contribution in [2.45, 2.75) is 25.2 Å². The summed E-state index contributed by atoms with van der Waals surface area (Å²) in [5.41, 5.74) is 6.88. The van der Waals surface area contributed by atoms with E-state index < -0.39 is 12.0 Å². The first-order valence-electron chi connectivity index (χ1n) is 5.60. The van der Waals surface area contributed by atoms with Crippen molar-refractivity contribution >= 4 is 25.4 Å². The van der Waals surface area contributed by atoms with Crippen molar-refractivity contribution in [2.24, 2.45) is 5.73 Å². The Hall–Kier alpha value is -1.82. The molecule has 4 N–H and O–H groups in total. The van der Waals surface area contributed by atoms with Gasteiger partial charge in [-0.15, -0.1) is 0 Å². The maximum atomic E-state index is 11.3. The van der Waals surface area contributed by atoms with E-state index in [2.05, 4.69) is 5.32 Å². The molecule has 0 aromatic heterocycles. The lowest BCUT2D eigenvalue weighted by Gasteiger charge is -2.08. The van der Waals surface area contributed by atoms with Crippen LogP contribution in [-0.2, 0) is 16.0 Å². The lowest BCUT2D eigenvalue weighted by Crippen LogP contribution is -2.32. The molecule has 6 heteroatoms. The zero-order chi connectivity index (χ0) is 13.5. The molecule has 18 heavy (non-hydrogen) atoms. The van der Waals surface area contributed by atoms with E-state index in [4.69, 9.17) is 18.7 Å². The Morgan fingerprint density at radius 3 is 2.44 bits per heavy atom. The smallest absolute Gasteiger partial charge is 0.320 e. The van der Waals surface area contributed by atoms with Crippen LogP contribution in [0.4, 0.5) is 5.69 Å². The molecule has 1 atom stereocenters. The minimum Gasteiger partial charge on any atom is -0.480 e. The summed E-state index contributed by atoms with van der Waals surface area (Å²) < 4.78 is 0. The summed E-state index contributed by atoms with van der Waals surface area (Å²) in [7, 11) is 5.26. The quantitative estimate of drug-likeness (QED) is 0.639. The number of carboxylic acids is 1. The van der Waals surface area contributed by atoms with E-state index in [1.807, 2.05) is 0 Å². The highest BCUT2D eigenvalue weighted by Gasteiger charge is 2.11. The molecule has 1 aromatic rings. The van der Waals surface area contributed by atoms with Crippen LogP contribution in [0, 0.1) is 0 Å². The van der Waals surface area contributed by atoms with E-state index in [1.165, 1.54) is 0 Å². The van der Waals surface area contributed by atoms with Gasteiger partial charge in [-0.3, -0.25) is 9.59 Å². The van der Waals surface area contributed by atoms with Crippen LogP contribution in [-0.4, -0.2) is 30.9 Å². The number of aliphatic carboxylic acids is 1. The summed E-state index contributed by atoms with van der Waals surface area (Å²) in [5, 5.41) is 11.4.